The van der Waals surface area contributed by atoms with E-state index in [2.05, 4.69) is 20.9 Å². The minimum atomic E-state index is -1.03. The molecule has 0 saturated carbocycles. The number of rotatable bonds is 6. The fraction of sp³-hybridized carbons (Fsp3) is 0.148. The lowest BCUT2D eigenvalue weighted by Crippen LogP contribution is -2.29. The number of phenols is 1. The van der Waals surface area contributed by atoms with E-state index in [1.165, 1.54) is 29.4 Å². The molecule has 4 aromatic rings. The van der Waals surface area contributed by atoms with Crippen LogP contribution < -0.4 is 14.4 Å². The van der Waals surface area contributed by atoms with Crippen molar-refractivity contribution >= 4 is 60.1 Å². The fourth-order valence-corrected chi connectivity index (χ4v) is 5.74. The zero-order valence-electron chi connectivity index (χ0n) is 19.8. The van der Waals surface area contributed by atoms with E-state index in [0.717, 1.165) is 4.70 Å². The third-order valence-corrected chi connectivity index (χ3v) is 7.57. The largest absolute Gasteiger partial charge is 0.507 e. The molecule has 1 aliphatic heterocycles. The maximum Gasteiger partial charge on any atom is 0.301 e. The van der Waals surface area contributed by atoms with Gasteiger partial charge >= 0.3 is 5.91 Å². The Morgan fingerprint density at radius 3 is 2.59 bits per heavy atom. The standard InChI is InChI=1S/C27H21BrN2O6S/c1-3-36-16-9-10-18-20(13-16)37-27(29-18)30-22(15-11-17(28)24(32)19(12-15)35-2)21(25(33)26(30)34)23(31)14-7-5-4-6-8-14/h4-13,22,31-32H,3H2,1-2H3/b23-21+. The summed E-state index contributed by atoms with van der Waals surface area (Å²) in [6.07, 6.45) is 0. The van der Waals surface area contributed by atoms with Gasteiger partial charge in [0.25, 0.3) is 5.78 Å². The van der Waals surface area contributed by atoms with E-state index in [1.807, 2.05) is 13.0 Å². The minimum absolute atomic E-state index is 0.0925. The highest BCUT2D eigenvalue weighted by Gasteiger charge is 2.48. The van der Waals surface area contributed by atoms with Gasteiger partial charge in [0.15, 0.2) is 16.6 Å². The number of carbonyl (C=O) groups excluding carboxylic acids is 2. The average Bonchev–Trinajstić information content (AvgIpc) is 3.43. The number of hydrogen-bond acceptors (Lipinski definition) is 8. The Morgan fingerprint density at radius 2 is 1.89 bits per heavy atom. The summed E-state index contributed by atoms with van der Waals surface area (Å²) in [5, 5.41) is 21.9. The number of aromatic hydroxyl groups is 1. The highest BCUT2D eigenvalue weighted by molar-refractivity contribution is 9.10. The van der Waals surface area contributed by atoms with Gasteiger partial charge in [0.05, 0.1) is 40.0 Å². The molecule has 1 aliphatic rings. The highest BCUT2D eigenvalue weighted by atomic mass is 79.9. The predicted molar refractivity (Wildman–Crippen MR) is 144 cm³/mol. The maximum absolute atomic E-state index is 13.5. The van der Waals surface area contributed by atoms with Crippen LogP contribution in [0.1, 0.15) is 24.1 Å². The number of methoxy groups -OCH3 is 1. The van der Waals surface area contributed by atoms with Crippen LogP contribution in [-0.2, 0) is 9.59 Å². The molecule has 1 aromatic heterocycles. The van der Waals surface area contributed by atoms with Gasteiger partial charge in [0.2, 0.25) is 0 Å². The number of aliphatic hydroxyl groups is 1. The summed E-state index contributed by atoms with van der Waals surface area (Å²) in [5.74, 6) is -1.30. The fourth-order valence-electron chi connectivity index (χ4n) is 4.26. The summed E-state index contributed by atoms with van der Waals surface area (Å²) in [6.45, 7) is 2.39. The lowest BCUT2D eigenvalue weighted by atomic mass is 9.95. The number of aromatic nitrogens is 1. The molecule has 2 N–H and O–H groups in total. The van der Waals surface area contributed by atoms with Crippen molar-refractivity contribution in [2.24, 2.45) is 0 Å². The molecule has 0 bridgehead atoms. The van der Waals surface area contributed by atoms with Crippen LogP contribution >= 0.6 is 27.3 Å². The second-order valence-electron chi connectivity index (χ2n) is 8.15. The number of anilines is 1. The van der Waals surface area contributed by atoms with Gasteiger partial charge in [0.1, 0.15) is 11.5 Å². The summed E-state index contributed by atoms with van der Waals surface area (Å²) in [7, 11) is 1.40. The number of phenolic OH excluding ortho intramolecular Hbond substituents is 1. The first kappa shape index (κ1) is 24.8. The van der Waals surface area contributed by atoms with Crippen LogP contribution in [0.3, 0.4) is 0 Å². The SMILES string of the molecule is CCOc1ccc2nc(N3C(=O)C(=O)/C(=C(/O)c4ccccc4)C3c3cc(Br)c(O)c(OC)c3)sc2c1. The molecule has 0 aliphatic carbocycles. The zero-order chi connectivity index (χ0) is 26.3. The Bertz CT molecular complexity index is 1570. The second-order valence-corrected chi connectivity index (χ2v) is 10.0. The third-order valence-electron chi connectivity index (χ3n) is 5.94. The molecule has 1 atom stereocenters. The van der Waals surface area contributed by atoms with Crippen molar-refractivity contribution in [2.75, 3.05) is 18.6 Å². The van der Waals surface area contributed by atoms with Gasteiger partial charge < -0.3 is 19.7 Å². The van der Waals surface area contributed by atoms with Crippen molar-refractivity contribution in [1.29, 1.82) is 0 Å². The van der Waals surface area contributed by atoms with Crippen LogP contribution in [0.15, 0.2) is 70.7 Å². The van der Waals surface area contributed by atoms with E-state index in [0.29, 0.717) is 33.5 Å². The Labute approximate surface area is 224 Å². The number of benzene rings is 3. The molecule has 3 aromatic carbocycles. The molecule has 8 nitrogen and oxygen atoms in total. The Morgan fingerprint density at radius 1 is 1.14 bits per heavy atom. The van der Waals surface area contributed by atoms with E-state index in [4.69, 9.17) is 9.47 Å². The van der Waals surface area contributed by atoms with Gasteiger partial charge in [-0.1, -0.05) is 41.7 Å². The summed E-state index contributed by atoms with van der Waals surface area (Å²) in [4.78, 5) is 32.8. The maximum atomic E-state index is 13.5. The van der Waals surface area contributed by atoms with Crippen LogP contribution in [0, 0.1) is 0 Å². The topological polar surface area (TPSA) is 109 Å². The van der Waals surface area contributed by atoms with Crippen molar-refractivity contribution < 1.29 is 29.3 Å². The molecule has 1 unspecified atom stereocenters. The molecule has 37 heavy (non-hydrogen) atoms. The van der Waals surface area contributed by atoms with E-state index >= 15 is 0 Å². The summed E-state index contributed by atoms with van der Waals surface area (Å²) in [5.41, 5.74) is 1.37. The first-order valence-corrected chi connectivity index (χ1v) is 12.9. The molecule has 2 heterocycles. The first-order valence-electron chi connectivity index (χ1n) is 11.3. The minimum Gasteiger partial charge on any atom is -0.507 e. The van der Waals surface area contributed by atoms with E-state index in [1.54, 1.807) is 48.5 Å². The van der Waals surface area contributed by atoms with Crippen LogP contribution in [0.25, 0.3) is 16.0 Å². The third kappa shape index (κ3) is 4.32. The monoisotopic (exact) mass is 580 g/mol. The van der Waals surface area contributed by atoms with Gasteiger partial charge in [-0.25, -0.2) is 4.98 Å². The summed E-state index contributed by atoms with van der Waals surface area (Å²) < 4.78 is 12.0. The van der Waals surface area contributed by atoms with Gasteiger partial charge in [-0.15, -0.1) is 0 Å². The predicted octanol–water partition coefficient (Wildman–Crippen LogP) is 5.80. The summed E-state index contributed by atoms with van der Waals surface area (Å²) in [6, 6.07) is 16.0. The van der Waals surface area contributed by atoms with Crippen LogP contribution in [0.2, 0.25) is 0 Å². The van der Waals surface area contributed by atoms with Crippen LogP contribution in [0.5, 0.6) is 17.2 Å². The van der Waals surface area contributed by atoms with Gasteiger partial charge in [-0.05, 0) is 58.7 Å². The number of amides is 1. The van der Waals surface area contributed by atoms with Gasteiger partial charge in [-0.3, -0.25) is 14.5 Å². The van der Waals surface area contributed by atoms with Crippen molar-refractivity contribution in [3.8, 4) is 17.2 Å². The molecule has 10 heteroatoms. The van der Waals surface area contributed by atoms with Gasteiger partial charge in [-0.2, -0.15) is 0 Å². The number of nitrogens with zero attached hydrogens (tertiary/aromatic N) is 2. The van der Waals surface area contributed by atoms with Crippen LogP contribution in [-0.4, -0.2) is 40.6 Å². The second kappa shape index (κ2) is 9.87. The highest BCUT2D eigenvalue weighted by Crippen LogP contribution is 2.47. The number of halogens is 1. The molecule has 5 rings (SSSR count). The van der Waals surface area contributed by atoms with Crippen molar-refractivity contribution in [3.63, 3.8) is 0 Å². The number of ketones is 1. The quantitative estimate of drug-likeness (QED) is 0.168. The first-order chi connectivity index (χ1) is 17.8. The number of ether oxygens (including phenoxy) is 2. The number of aliphatic hydroxyl groups excluding tert-OH is 1. The lowest BCUT2D eigenvalue weighted by molar-refractivity contribution is -0.132. The van der Waals surface area contributed by atoms with Gasteiger partial charge in [0, 0.05) is 5.56 Å². The molecule has 1 amide bonds. The number of Topliss-reactive ketones (excluding diaryl/α,β-unsaturated/α-hetero) is 1. The average molecular weight is 581 g/mol. The number of fused-ring (bicyclic) bond motifs is 1. The van der Waals surface area contributed by atoms with E-state index in [-0.39, 0.29) is 28.0 Å². The normalized spacial score (nSPS) is 16.9. The van der Waals surface area contributed by atoms with E-state index in [9.17, 15) is 19.8 Å². The number of hydrogen-bond donors (Lipinski definition) is 2. The smallest absolute Gasteiger partial charge is 0.301 e. The van der Waals surface area contributed by atoms with Crippen molar-refractivity contribution in [1.82, 2.24) is 4.98 Å². The van der Waals surface area contributed by atoms with Crippen molar-refractivity contribution in [3.05, 3.63) is 81.8 Å². The molecule has 0 radical (unpaired) electrons. The molecular formula is C27H21BrN2O6S. The Kier molecular flexibility index (Phi) is 6.61. The lowest BCUT2D eigenvalue weighted by Gasteiger charge is -2.24. The molecular weight excluding hydrogens is 560 g/mol. The Hall–Kier alpha value is -3.89. The Balaban J connectivity index is 1.74. The molecule has 1 saturated heterocycles. The molecule has 1 fully saturated rings. The van der Waals surface area contributed by atoms with Crippen molar-refractivity contribution in [2.45, 2.75) is 13.0 Å². The number of thiazole rings is 1. The summed E-state index contributed by atoms with van der Waals surface area (Å²) >= 11 is 4.55. The van der Waals surface area contributed by atoms with E-state index < -0.39 is 17.7 Å². The zero-order valence-corrected chi connectivity index (χ0v) is 22.2. The number of carbonyl (C=O) groups is 2. The molecule has 0 spiro atoms. The molecule has 188 valence electrons. The van der Waals surface area contributed by atoms with Crippen LogP contribution in [0.4, 0.5) is 5.13 Å².